The van der Waals surface area contributed by atoms with E-state index in [1.807, 2.05) is 6.07 Å². The van der Waals surface area contributed by atoms with Crippen LogP contribution in [0.5, 0.6) is 0 Å². The number of halogens is 1. The van der Waals surface area contributed by atoms with Gasteiger partial charge in [0.25, 0.3) is 0 Å². The maximum atomic E-state index is 12.6. The van der Waals surface area contributed by atoms with Gasteiger partial charge in [0.2, 0.25) is 10.0 Å². The summed E-state index contributed by atoms with van der Waals surface area (Å²) in [5.74, 6) is 1.01. The maximum Gasteiger partial charge on any atom is 0.244 e. The van der Waals surface area contributed by atoms with Crippen LogP contribution in [0, 0.1) is 11.8 Å². The molecule has 0 saturated carbocycles. The first-order valence-electron chi connectivity index (χ1n) is 6.17. The van der Waals surface area contributed by atoms with Crippen molar-refractivity contribution in [1.82, 2.24) is 4.31 Å². The monoisotopic (exact) mass is 331 g/mol. The standard InChI is InChI=1S/C13H18BrNO2S/c1-10-7-8-15(9-11(10)2)18(16,17)13-6-4-3-5-12(13)14/h3-6,10-11H,7-9H2,1-2H3/t10-,11+/m1/s1. The second-order valence-electron chi connectivity index (χ2n) is 5.04. The minimum atomic E-state index is -3.36. The Hall–Kier alpha value is -0.390. The Bertz CT molecular complexity index is 530. The summed E-state index contributed by atoms with van der Waals surface area (Å²) < 4.78 is 27.4. The number of hydrogen-bond acceptors (Lipinski definition) is 2. The maximum absolute atomic E-state index is 12.6. The van der Waals surface area contributed by atoms with Crippen molar-refractivity contribution in [1.29, 1.82) is 0 Å². The number of nitrogens with zero attached hydrogens (tertiary/aromatic N) is 1. The third kappa shape index (κ3) is 2.63. The summed E-state index contributed by atoms with van der Waals surface area (Å²) in [6, 6.07) is 7.00. The van der Waals surface area contributed by atoms with E-state index in [-0.39, 0.29) is 0 Å². The Kier molecular flexibility index (Phi) is 4.14. The Morgan fingerprint density at radius 1 is 1.22 bits per heavy atom. The lowest BCUT2D eigenvalue weighted by molar-refractivity contribution is 0.212. The van der Waals surface area contributed by atoms with Crippen molar-refractivity contribution in [3.05, 3.63) is 28.7 Å². The Labute approximate surface area is 117 Å². The first kappa shape index (κ1) is 14.0. The van der Waals surface area contributed by atoms with Gasteiger partial charge in [-0.1, -0.05) is 26.0 Å². The van der Waals surface area contributed by atoms with Gasteiger partial charge < -0.3 is 0 Å². The molecule has 3 nitrogen and oxygen atoms in total. The van der Waals surface area contributed by atoms with Crippen LogP contribution in [0.25, 0.3) is 0 Å². The highest BCUT2D eigenvalue weighted by molar-refractivity contribution is 9.10. The van der Waals surface area contributed by atoms with E-state index in [1.165, 1.54) is 0 Å². The second-order valence-corrected chi connectivity index (χ2v) is 7.80. The summed E-state index contributed by atoms with van der Waals surface area (Å²) >= 11 is 3.32. The van der Waals surface area contributed by atoms with Crippen molar-refractivity contribution >= 4 is 26.0 Å². The van der Waals surface area contributed by atoms with Crippen LogP contribution in [0.4, 0.5) is 0 Å². The number of rotatable bonds is 2. The van der Waals surface area contributed by atoms with Gasteiger partial charge in [-0.3, -0.25) is 0 Å². The van der Waals surface area contributed by atoms with E-state index in [1.54, 1.807) is 22.5 Å². The summed E-state index contributed by atoms with van der Waals surface area (Å²) in [5, 5.41) is 0. The Balaban J connectivity index is 2.30. The molecule has 2 atom stereocenters. The van der Waals surface area contributed by atoms with Gasteiger partial charge in [0.1, 0.15) is 0 Å². The summed E-state index contributed by atoms with van der Waals surface area (Å²) in [6.07, 6.45) is 0.935. The molecule has 100 valence electrons. The fourth-order valence-electron chi connectivity index (χ4n) is 2.24. The number of benzene rings is 1. The fraction of sp³-hybridized carbons (Fsp3) is 0.538. The van der Waals surface area contributed by atoms with Gasteiger partial charge in [0.05, 0.1) is 4.90 Å². The summed E-state index contributed by atoms with van der Waals surface area (Å²) in [5.41, 5.74) is 0. The van der Waals surface area contributed by atoms with Crippen molar-refractivity contribution in [3.63, 3.8) is 0 Å². The molecule has 0 aromatic heterocycles. The molecule has 1 fully saturated rings. The van der Waals surface area contributed by atoms with Crippen LogP contribution >= 0.6 is 15.9 Å². The minimum Gasteiger partial charge on any atom is -0.207 e. The van der Waals surface area contributed by atoms with Crippen molar-refractivity contribution in [2.75, 3.05) is 13.1 Å². The zero-order valence-electron chi connectivity index (χ0n) is 10.6. The minimum absolute atomic E-state index is 0.367. The van der Waals surface area contributed by atoms with Crippen molar-refractivity contribution in [2.24, 2.45) is 11.8 Å². The molecule has 1 heterocycles. The molecule has 1 aliphatic rings. The molecule has 1 saturated heterocycles. The van der Waals surface area contributed by atoms with Crippen LogP contribution < -0.4 is 0 Å². The lowest BCUT2D eigenvalue weighted by Gasteiger charge is -2.34. The van der Waals surface area contributed by atoms with Gasteiger partial charge in [-0.2, -0.15) is 4.31 Å². The Morgan fingerprint density at radius 2 is 1.89 bits per heavy atom. The van der Waals surface area contributed by atoms with Crippen LogP contribution in [0.1, 0.15) is 20.3 Å². The molecule has 0 amide bonds. The highest BCUT2D eigenvalue weighted by Crippen LogP contribution is 2.30. The third-order valence-electron chi connectivity index (χ3n) is 3.75. The summed E-state index contributed by atoms with van der Waals surface area (Å²) in [7, 11) is -3.36. The zero-order chi connectivity index (χ0) is 13.3. The summed E-state index contributed by atoms with van der Waals surface area (Å²) in [6.45, 7) is 5.54. The molecular formula is C13H18BrNO2S. The van der Waals surface area contributed by atoms with E-state index in [2.05, 4.69) is 29.8 Å². The predicted octanol–water partition coefficient (Wildman–Crippen LogP) is 3.12. The largest absolute Gasteiger partial charge is 0.244 e. The molecule has 1 aliphatic heterocycles. The molecule has 1 aromatic carbocycles. The van der Waals surface area contributed by atoms with E-state index < -0.39 is 10.0 Å². The molecule has 0 N–H and O–H groups in total. The van der Waals surface area contributed by atoms with Crippen LogP contribution in [0.3, 0.4) is 0 Å². The molecule has 0 spiro atoms. The smallest absolute Gasteiger partial charge is 0.207 e. The average molecular weight is 332 g/mol. The lowest BCUT2D eigenvalue weighted by atomic mass is 9.90. The Morgan fingerprint density at radius 3 is 2.50 bits per heavy atom. The van der Waals surface area contributed by atoms with E-state index in [0.29, 0.717) is 34.3 Å². The first-order valence-corrected chi connectivity index (χ1v) is 8.41. The van der Waals surface area contributed by atoms with E-state index in [0.717, 1.165) is 6.42 Å². The number of piperidine rings is 1. The highest BCUT2D eigenvalue weighted by Gasteiger charge is 2.32. The predicted molar refractivity (Wildman–Crippen MR) is 75.8 cm³/mol. The second kappa shape index (κ2) is 5.31. The van der Waals surface area contributed by atoms with Gasteiger partial charge in [0.15, 0.2) is 0 Å². The number of sulfonamides is 1. The molecule has 2 rings (SSSR count). The molecule has 0 bridgehead atoms. The van der Waals surface area contributed by atoms with Gasteiger partial charge >= 0.3 is 0 Å². The lowest BCUT2D eigenvalue weighted by Crippen LogP contribution is -2.42. The zero-order valence-corrected chi connectivity index (χ0v) is 13.0. The molecule has 1 aromatic rings. The van der Waals surface area contributed by atoms with Gasteiger partial charge in [-0.15, -0.1) is 0 Å². The molecule has 0 radical (unpaired) electrons. The van der Waals surface area contributed by atoms with Gasteiger partial charge in [0, 0.05) is 17.6 Å². The SMILES string of the molecule is C[C@@H]1CCN(S(=O)(=O)c2ccccc2Br)C[C@@H]1C. The van der Waals surface area contributed by atoms with E-state index >= 15 is 0 Å². The quantitative estimate of drug-likeness (QED) is 0.834. The normalized spacial score (nSPS) is 26.2. The van der Waals surface area contributed by atoms with Crippen molar-refractivity contribution in [2.45, 2.75) is 25.2 Å². The molecule has 0 aliphatic carbocycles. The molecule has 0 unspecified atom stereocenters. The van der Waals surface area contributed by atoms with Crippen molar-refractivity contribution < 1.29 is 8.42 Å². The summed E-state index contributed by atoms with van der Waals surface area (Å²) in [4.78, 5) is 0.367. The fourth-order valence-corrected chi connectivity index (χ4v) is 4.75. The van der Waals surface area contributed by atoms with Crippen LogP contribution in [0.2, 0.25) is 0 Å². The van der Waals surface area contributed by atoms with Crippen LogP contribution in [0.15, 0.2) is 33.6 Å². The molecule has 18 heavy (non-hydrogen) atoms. The van der Waals surface area contributed by atoms with Crippen molar-refractivity contribution in [3.8, 4) is 0 Å². The van der Waals surface area contributed by atoms with E-state index in [9.17, 15) is 8.42 Å². The average Bonchev–Trinajstić information content (AvgIpc) is 2.33. The highest BCUT2D eigenvalue weighted by atomic mass is 79.9. The number of hydrogen-bond donors (Lipinski definition) is 0. The molecule has 5 heteroatoms. The van der Waals surface area contributed by atoms with Gasteiger partial charge in [-0.05, 0) is 46.3 Å². The van der Waals surface area contributed by atoms with Gasteiger partial charge in [-0.25, -0.2) is 8.42 Å². The van der Waals surface area contributed by atoms with E-state index in [4.69, 9.17) is 0 Å². The topological polar surface area (TPSA) is 37.4 Å². The first-order chi connectivity index (χ1) is 8.43. The third-order valence-corrected chi connectivity index (χ3v) is 6.63. The van der Waals surface area contributed by atoms with Crippen LogP contribution in [-0.4, -0.2) is 25.8 Å². The molecular weight excluding hydrogens is 314 g/mol. The van der Waals surface area contributed by atoms with Crippen LogP contribution in [-0.2, 0) is 10.0 Å².